The zero-order valence-corrected chi connectivity index (χ0v) is 15.9. The molecule has 2 fully saturated rings. The van der Waals surface area contributed by atoms with E-state index in [1.807, 2.05) is 13.8 Å². The molecular weight excluding hydrogens is 296 g/mol. The van der Waals surface area contributed by atoms with Crippen molar-refractivity contribution < 1.29 is 9.53 Å². The van der Waals surface area contributed by atoms with Crippen molar-refractivity contribution in [3.05, 3.63) is 34.4 Å². The van der Waals surface area contributed by atoms with Crippen molar-refractivity contribution in [1.82, 2.24) is 0 Å². The zero-order valence-electron chi connectivity index (χ0n) is 15.9. The topological polar surface area (TPSA) is 26.3 Å². The van der Waals surface area contributed by atoms with Crippen molar-refractivity contribution in [2.24, 2.45) is 11.8 Å². The third-order valence-electron chi connectivity index (χ3n) is 6.44. The Morgan fingerprint density at radius 1 is 1.08 bits per heavy atom. The van der Waals surface area contributed by atoms with Crippen molar-refractivity contribution in [3.63, 3.8) is 0 Å². The molecular formula is C22H32O2. The second kappa shape index (κ2) is 6.54. The van der Waals surface area contributed by atoms with Crippen LogP contribution in [-0.4, -0.2) is 12.1 Å². The van der Waals surface area contributed by atoms with Gasteiger partial charge in [-0.2, -0.15) is 0 Å². The summed E-state index contributed by atoms with van der Waals surface area (Å²) in [6, 6.07) is 4.69. The van der Waals surface area contributed by atoms with Gasteiger partial charge in [-0.15, -0.1) is 0 Å². The molecule has 132 valence electrons. The molecule has 2 aliphatic rings. The Labute approximate surface area is 147 Å². The second-order valence-electron chi connectivity index (χ2n) is 8.35. The highest BCUT2D eigenvalue weighted by Crippen LogP contribution is 2.63. The summed E-state index contributed by atoms with van der Waals surface area (Å²) in [6.45, 7) is 10.5. The smallest absolute Gasteiger partial charge is 0.310 e. The summed E-state index contributed by atoms with van der Waals surface area (Å²) < 4.78 is 5.59. The van der Waals surface area contributed by atoms with E-state index in [2.05, 4.69) is 32.9 Å². The third-order valence-corrected chi connectivity index (χ3v) is 6.44. The molecule has 2 atom stereocenters. The molecule has 2 aliphatic carbocycles. The van der Waals surface area contributed by atoms with Crippen molar-refractivity contribution in [2.75, 3.05) is 0 Å². The number of aryl methyl sites for hydroxylation is 2. The number of hydrogen-bond acceptors (Lipinski definition) is 2. The molecule has 0 N–H and O–H groups in total. The first-order valence-corrected chi connectivity index (χ1v) is 9.65. The van der Waals surface area contributed by atoms with Gasteiger partial charge in [0.05, 0.1) is 12.0 Å². The summed E-state index contributed by atoms with van der Waals surface area (Å²) in [5, 5.41) is 0. The van der Waals surface area contributed by atoms with Crippen LogP contribution in [0, 0.1) is 32.6 Å². The second-order valence-corrected chi connectivity index (χ2v) is 8.35. The summed E-state index contributed by atoms with van der Waals surface area (Å²) in [5.41, 5.74) is 5.50. The first-order chi connectivity index (χ1) is 11.4. The molecule has 0 bridgehead atoms. The van der Waals surface area contributed by atoms with Crippen molar-refractivity contribution >= 4 is 5.97 Å². The van der Waals surface area contributed by atoms with Crippen LogP contribution < -0.4 is 0 Å². The molecule has 2 unspecified atom stereocenters. The fourth-order valence-corrected chi connectivity index (χ4v) is 4.81. The predicted octanol–water partition coefficient (Wildman–Crippen LogP) is 5.40. The number of hydrogen-bond donors (Lipinski definition) is 0. The molecule has 3 rings (SSSR count). The molecule has 0 spiro atoms. The van der Waals surface area contributed by atoms with Crippen molar-refractivity contribution in [1.29, 1.82) is 0 Å². The molecule has 2 saturated carbocycles. The number of carbonyl (C=O) groups is 1. The molecule has 1 aromatic carbocycles. The van der Waals surface area contributed by atoms with Gasteiger partial charge in [-0.05, 0) is 82.1 Å². The van der Waals surface area contributed by atoms with E-state index < -0.39 is 0 Å². The third kappa shape index (κ3) is 3.00. The van der Waals surface area contributed by atoms with Crippen molar-refractivity contribution in [2.45, 2.75) is 84.7 Å². The van der Waals surface area contributed by atoms with E-state index in [1.54, 1.807) is 0 Å². The molecule has 2 heteroatoms. The highest BCUT2D eigenvalue weighted by molar-refractivity contribution is 5.79. The number of benzene rings is 1. The summed E-state index contributed by atoms with van der Waals surface area (Å²) in [6.07, 6.45) is 7.44. The maximum absolute atomic E-state index is 12.7. The lowest BCUT2D eigenvalue weighted by Gasteiger charge is -2.32. The molecule has 1 aromatic rings. The fourth-order valence-electron chi connectivity index (χ4n) is 4.81. The van der Waals surface area contributed by atoms with Gasteiger partial charge in [0.25, 0.3) is 0 Å². The van der Waals surface area contributed by atoms with Gasteiger partial charge in [0, 0.05) is 5.41 Å². The Bertz CT molecular complexity index is 602. The summed E-state index contributed by atoms with van der Waals surface area (Å²) in [4.78, 5) is 12.7. The predicted molar refractivity (Wildman–Crippen MR) is 98.2 cm³/mol. The number of rotatable bonds is 4. The Kier molecular flexibility index (Phi) is 4.77. The molecule has 0 radical (unpaired) electrons. The minimum Gasteiger partial charge on any atom is -0.463 e. The highest BCUT2D eigenvalue weighted by Gasteiger charge is 2.63. The lowest BCUT2D eigenvalue weighted by atomic mass is 9.72. The minimum atomic E-state index is -0.0244. The Hall–Kier alpha value is -1.31. The van der Waals surface area contributed by atoms with Gasteiger partial charge in [-0.1, -0.05) is 31.4 Å². The monoisotopic (exact) mass is 328 g/mol. The van der Waals surface area contributed by atoms with Crippen LogP contribution >= 0.6 is 0 Å². The van der Waals surface area contributed by atoms with Crippen molar-refractivity contribution in [3.8, 4) is 0 Å². The average Bonchev–Trinajstić information content (AvgIpc) is 3.29. The molecule has 24 heavy (non-hydrogen) atoms. The van der Waals surface area contributed by atoms with E-state index in [0.29, 0.717) is 5.92 Å². The van der Waals surface area contributed by atoms with Gasteiger partial charge in [-0.25, -0.2) is 0 Å². The first-order valence-electron chi connectivity index (χ1n) is 9.65. The minimum absolute atomic E-state index is 0.0199. The van der Waals surface area contributed by atoms with E-state index in [4.69, 9.17) is 4.74 Å². The van der Waals surface area contributed by atoms with Crippen LogP contribution in [0.25, 0.3) is 0 Å². The van der Waals surface area contributed by atoms with Crippen LogP contribution in [0.3, 0.4) is 0 Å². The van der Waals surface area contributed by atoms with Gasteiger partial charge in [-0.3, -0.25) is 4.79 Å². The largest absolute Gasteiger partial charge is 0.463 e. The average molecular weight is 328 g/mol. The van der Waals surface area contributed by atoms with Crippen LogP contribution in [0.1, 0.15) is 74.6 Å². The maximum Gasteiger partial charge on any atom is 0.310 e. The lowest BCUT2D eigenvalue weighted by molar-refractivity contribution is -0.149. The SMILES string of the molecule is Cc1cc(C2(C3CCCCC3)CC2C(=O)OC(C)C)cc(C)c1C. The van der Waals surface area contributed by atoms with Crippen LogP contribution in [0.15, 0.2) is 12.1 Å². The maximum atomic E-state index is 12.7. The molecule has 2 nitrogen and oxygen atoms in total. The number of ether oxygens (including phenoxy) is 1. The van der Waals surface area contributed by atoms with E-state index in [9.17, 15) is 4.79 Å². The molecule has 0 heterocycles. The van der Waals surface area contributed by atoms with Gasteiger partial charge >= 0.3 is 5.97 Å². The van der Waals surface area contributed by atoms with Crippen LogP contribution in [0.5, 0.6) is 0 Å². The van der Waals surface area contributed by atoms with Gasteiger partial charge < -0.3 is 4.74 Å². The Morgan fingerprint density at radius 3 is 2.21 bits per heavy atom. The Morgan fingerprint density at radius 2 is 1.67 bits per heavy atom. The Balaban J connectivity index is 1.97. The fraction of sp³-hybridized carbons (Fsp3) is 0.682. The van der Waals surface area contributed by atoms with Gasteiger partial charge in [0.1, 0.15) is 0 Å². The van der Waals surface area contributed by atoms with E-state index in [-0.39, 0.29) is 23.4 Å². The van der Waals surface area contributed by atoms with Gasteiger partial charge in [0.15, 0.2) is 0 Å². The van der Waals surface area contributed by atoms with Crippen LogP contribution in [0.4, 0.5) is 0 Å². The quantitative estimate of drug-likeness (QED) is 0.692. The summed E-state index contributed by atoms with van der Waals surface area (Å²) in [7, 11) is 0. The number of esters is 1. The summed E-state index contributed by atoms with van der Waals surface area (Å²) in [5.74, 6) is 0.716. The van der Waals surface area contributed by atoms with Crippen LogP contribution in [0.2, 0.25) is 0 Å². The van der Waals surface area contributed by atoms with E-state index >= 15 is 0 Å². The normalized spacial score (nSPS) is 27.3. The molecule has 0 amide bonds. The zero-order chi connectivity index (χ0) is 17.5. The number of carbonyl (C=O) groups excluding carboxylic acids is 1. The van der Waals surface area contributed by atoms with Crippen LogP contribution in [-0.2, 0) is 14.9 Å². The standard InChI is InChI=1S/C22H32O2/c1-14(2)24-21(23)20-13-22(20,18-9-7-6-8-10-18)19-11-15(3)17(5)16(4)12-19/h11-12,14,18,20H,6-10,13H2,1-5H3. The van der Waals surface area contributed by atoms with E-state index in [1.165, 1.54) is 54.4 Å². The van der Waals surface area contributed by atoms with E-state index in [0.717, 1.165) is 6.42 Å². The molecule has 0 saturated heterocycles. The lowest BCUT2D eigenvalue weighted by Crippen LogP contribution is -2.29. The van der Waals surface area contributed by atoms with Gasteiger partial charge in [0.2, 0.25) is 0 Å². The highest BCUT2D eigenvalue weighted by atomic mass is 16.5. The molecule has 0 aromatic heterocycles. The summed E-state index contributed by atoms with van der Waals surface area (Å²) >= 11 is 0. The molecule has 0 aliphatic heterocycles. The first kappa shape index (κ1) is 17.5.